The normalized spacial score (nSPS) is 35.2. The van der Waals surface area contributed by atoms with E-state index in [1.54, 1.807) is 4.90 Å². The Kier molecular flexibility index (Phi) is 4.08. The van der Waals surface area contributed by atoms with Crippen molar-refractivity contribution in [2.75, 3.05) is 19.6 Å². The average Bonchev–Trinajstić information content (AvgIpc) is 3.15. The van der Waals surface area contributed by atoms with Crippen LogP contribution in [0.15, 0.2) is 0 Å². The highest BCUT2D eigenvalue weighted by Crippen LogP contribution is 2.39. The number of fused-ring (bicyclic) bond motifs is 1. The topological polar surface area (TPSA) is 98.7 Å². The van der Waals surface area contributed by atoms with Crippen LogP contribution in [0.25, 0.3) is 0 Å². The molecule has 7 heteroatoms. The third kappa shape index (κ3) is 2.69. The number of aliphatic hydroxyl groups excluding tert-OH is 1. The Labute approximate surface area is 129 Å². The number of amides is 3. The van der Waals surface area contributed by atoms with E-state index in [4.69, 9.17) is 0 Å². The zero-order valence-electron chi connectivity index (χ0n) is 12.7. The van der Waals surface area contributed by atoms with E-state index in [1.165, 1.54) is 6.92 Å². The molecule has 5 unspecified atom stereocenters. The van der Waals surface area contributed by atoms with E-state index in [9.17, 15) is 19.5 Å². The van der Waals surface area contributed by atoms with Gasteiger partial charge in [0.2, 0.25) is 17.7 Å². The number of hydrogen-bond donors (Lipinski definition) is 3. The molecular formula is C15H23N3O4. The average molecular weight is 309 g/mol. The summed E-state index contributed by atoms with van der Waals surface area (Å²) in [6.45, 7) is 3.29. The molecule has 0 aromatic rings. The van der Waals surface area contributed by atoms with Crippen molar-refractivity contribution in [3.8, 4) is 0 Å². The molecule has 122 valence electrons. The van der Waals surface area contributed by atoms with Gasteiger partial charge in [0, 0.05) is 31.6 Å². The van der Waals surface area contributed by atoms with Gasteiger partial charge in [-0.2, -0.15) is 0 Å². The summed E-state index contributed by atoms with van der Waals surface area (Å²) in [4.78, 5) is 37.6. The van der Waals surface area contributed by atoms with E-state index in [0.29, 0.717) is 32.0 Å². The summed E-state index contributed by atoms with van der Waals surface area (Å²) < 4.78 is 0. The fraction of sp³-hybridized carbons (Fsp3) is 0.800. The van der Waals surface area contributed by atoms with Crippen LogP contribution >= 0.6 is 0 Å². The highest BCUT2D eigenvalue weighted by molar-refractivity contribution is 6.01. The van der Waals surface area contributed by atoms with Crippen molar-refractivity contribution in [1.29, 1.82) is 0 Å². The predicted octanol–water partition coefficient (Wildman–Crippen LogP) is -1.14. The first-order valence-corrected chi connectivity index (χ1v) is 8.02. The number of carbonyl (C=O) groups excluding carboxylic acids is 3. The molecule has 5 atom stereocenters. The molecule has 3 fully saturated rings. The second-order valence-electron chi connectivity index (χ2n) is 6.67. The second kappa shape index (κ2) is 5.87. The lowest BCUT2D eigenvalue weighted by atomic mass is 9.97. The second-order valence-corrected chi connectivity index (χ2v) is 6.67. The van der Waals surface area contributed by atoms with Crippen LogP contribution in [0.5, 0.6) is 0 Å². The molecule has 1 saturated carbocycles. The molecule has 3 rings (SSSR count). The summed E-state index contributed by atoms with van der Waals surface area (Å²) in [6, 6.07) is 0.0160. The van der Waals surface area contributed by atoms with Crippen molar-refractivity contribution in [3.63, 3.8) is 0 Å². The molecule has 2 heterocycles. The van der Waals surface area contributed by atoms with Gasteiger partial charge in [0.15, 0.2) is 0 Å². The Morgan fingerprint density at radius 2 is 2.09 bits per heavy atom. The number of aliphatic hydroxyl groups is 1. The molecular weight excluding hydrogens is 286 g/mol. The van der Waals surface area contributed by atoms with Crippen molar-refractivity contribution in [2.24, 2.45) is 17.8 Å². The summed E-state index contributed by atoms with van der Waals surface area (Å²) in [7, 11) is 0. The maximum absolute atomic E-state index is 12.5. The van der Waals surface area contributed by atoms with Gasteiger partial charge in [0.05, 0.1) is 0 Å². The van der Waals surface area contributed by atoms with Crippen LogP contribution < -0.4 is 10.6 Å². The fourth-order valence-corrected chi connectivity index (χ4v) is 3.98. The minimum Gasteiger partial charge on any atom is -0.384 e. The standard InChI is InChI=1S/C15H23N3O4/c1-8(19)13(20)17-12-3-2-9-6-18(7-11(9)12)15(22)10-4-5-16-14(10)21/h8-12,19H,2-7H2,1H3,(H,16,21)(H,17,20). The molecule has 0 radical (unpaired) electrons. The number of nitrogens with one attached hydrogen (secondary N) is 2. The van der Waals surface area contributed by atoms with Crippen LogP contribution in [0.2, 0.25) is 0 Å². The van der Waals surface area contributed by atoms with E-state index in [1.807, 2.05) is 0 Å². The molecule has 2 saturated heterocycles. The Morgan fingerprint density at radius 1 is 1.32 bits per heavy atom. The number of nitrogens with zero attached hydrogens (tertiary/aromatic N) is 1. The molecule has 3 aliphatic rings. The zero-order chi connectivity index (χ0) is 15.9. The van der Waals surface area contributed by atoms with Crippen molar-refractivity contribution in [1.82, 2.24) is 15.5 Å². The van der Waals surface area contributed by atoms with E-state index in [2.05, 4.69) is 10.6 Å². The first-order chi connectivity index (χ1) is 10.5. The Balaban J connectivity index is 1.60. The molecule has 3 N–H and O–H groups in total. The Hall–Kier alpha value is -1.63. The lowest BCUT2D eigenvalue weighted by molar-refractivity contribution is -0.139. The van der Waals surface area contributed by atoms with E-state index in [0.717, 1.165) is 12.8 Å². The smallest absolute Gasteiger partial charge is 0.248 e. The SMILES string of the molecule is CC(O)C(=O)NC1CCC2CN(C(=O)C3CCNC3=O)CC21. The quantitative estimate of drug-likeness (QED) is 0.574. The van der Waals surface area contributed by atoms with Crippen LogP contribution in [-0.2, 0) is 14.4 Å². The predicted molar refractivity (Wildman–Crippen MR) is 77.5 cm³/mol. The van der Waals surface area contributed by atoms with Crippen molar-refractivity contribution in [2.45, 2.75) is 38.3 Å². The molecule has 0 aromatic carbocycles. The molecule has 7 nitrogen and oxygen atoms in total. The molecule has 0 bridgehead atoms. The number of rotatable bonds is 3. The molecule has 0 aromatic heterocycles. The van der Waals surface area contributed by atoms with Gasteiger partial charge in [-0.3, -0.25) is 14.4 Å². The number of likely N-dealkylation sites (tertiary alicyclic amines) is 1. The van der Waals surface area contributed by atoms with Gasteiger partial charge in [-0.25, -0.2) is 0 Å². The highest BCUT2D eigenvalue weighted by atomic mass is 16.3. The molecule has 0 spiro atoms. The molecule has 22 heavy (non-hydrogen) atoms. The molecule has 3 amide bonds. The van der Waals surface area contributed by atoms with Gasteiger partial charge in [0.25, 0.3) is 0 Å². The van der Waals surface area contributed by atoms with Gasteiger partial charge in [0.1, 0.15) is 12.0 Å². The van der Waals surface area contributed by atoms with Crippen molar-refractivity contribution >= 4 is 17.7 Å². The lowest BCUT2D eigenvalue weighted by Gasteiger charge is -2.23. The Morgan fingerprint density at radius 3 is 2.73 bits per heavy atom. The maximum atomic E-state index is 12.5. The summed E-state index contributed by atoms with van der Waals surface area (Å²) in [5, 5.41) is 14.9. The van der Waals surface area contributed by atoms with Gasteiger partial charge < -0.3 is 20.6 Å². The van der Waals surface area contributed by atoms with Crippen LogP contribution in [-0.4, -0.2) is 59.5 Å². The highest BCUT2D eigenvalue weighted by Gasteiger charge is 2.46. The molecule has 2 aliphatic heterocycles. The minimum absolute atomic E-state index is 0.0160. The van der Waals surface area contributed by atoms with Crippen LogP contribution in [0.3, 0.4) is 0 Å². The zero-order valence-corrected chi connectivity index (χ0v) is 12.7. The largest absolute Gasteiger partial charge is 0.384 e. The number of carbonyl (C=O) groups is 3. The van der Waals surface area contributed by atoms with E-state index >= 15 is 0 Å². The summed E-state index contributed by atoms with van der Waals surface area (Å²) >= 11 is 0. The van der Waals surface area contributed by atoms with E-state index < -0.39 is 12.0 Å². The Bertz CT molecular complexity index is 493. The first-order valence-electron chi connectivity index (χ1n) is 8.02. The fourth-order valence-electron chi connectivity index (χ4n) is 3.98. The van der Waals surface area contributed by atoms with Gasteiger partial charge >= 0.3 is 0 Å². The van der Waals surface area contributed by atoms with E-state index in [-0.39, 0.29) is 29.7 Å². The van der Waals surface area contributed by atoms with Gasteiger partial charge in [-0.15, -0.1) is 0 Å². The first kappa shape index (κ1) is 15.3. The third-order valence-corrected chi connectivity index (χ3v) is 5.22. The maximum Gasteiger partial charge on any atom is 0.248 e. The summed E-state index contributed by atoms with van der Waals surface area (Å²) in [5.74, 6) is -0.523. The lowest BCUT2D eigenvalue weighted by Crippen LogP contribution is -2.44. The van der Waals surface area contributed by atoms with Crippen molar-refractivity contribution in [3.05, 3.63) is 0 Å². The monoisotopic (exact) mass is 309 g/mol. The van der Waals surface area contributed by atoms with Crippen LogP contribution in [0, 0.1) is 17.8 Å². The minimum atomic E-state index is -1.01. The van der Waals surface area contributed by atoms with Crippen LogP contribution in [0.4, 0.5) is 0 Å². The summed E-state index contributed by atoms with van der Waals surface area (Å²) in [5.41, 5.74) is 0. The number of hydrogen-bond acceptors (Lipinski definition) is 4. The molecule has 1 aliphatic carbocycles. The third-order valence-electron chi connectivity index (χ3n) is 5.22. The van der Waals surface area contributed by atoms with Gasteiger partial charge in [-0.05, 0) is 32.1 Å². The van der Waals surface area contributed by atoms with Crippen LogP contribution in [0.1, 0.15) is 26.2 Å². The van der Waals surface area contributed by atoms with Gasteiger partial charge in [-0.1, -0.05) is 0 Å². The summed E-state index contributed by atoms with van der Waals surface area (Å²) in [6.07, 6.45) is 1.42. The van der Waals surface area contributed by atoms with Crippen molar-refractivity contribution < 1.29 is 19.5 Å².